The molecule has 0 bridgehead atoms. The van der Waals surface area contributed by atoms with Crippen molar-refractivity contribution in [1.29, 1.82) is 0 Å². The number of nitrogens with zero attached hydrogens (tertiary/aromatic N) is 2. The topological polar surface area (TPSA) is 54.3 Å². The summed E-state index contributed by atoms with van der Waals surface area (Å²) in [4.78, 5) is 26.4. The molecule has 30 heavy (non-hydrogen) atoms. The van der Waals surface area contributed by atoms with Crippen molar-refractivity contribution in [3.05, 3.63) is 92.9 Å². The summed E-state index contributed by atoms with van der Waals surface area (Å²) in [5.41, 5.74) is 4.52. The van der Waals surface area contributed by atoms with Gasteiger partial charge in [0.05, 0.1) is 22.3 Å². The van der Waals surface area contributed by atoms with Gasteiger partial charge >= 0.3 is 6.03 Å². The summed E-state index contributed by atoms with van der Waals surface area (Å²) in [5.74, 6) is -0.352. The molecule has 2 aromatic carbocycles. The molecule has 5 nitrogen and oxygen atoms in total. The van der Waals surface area contributed by atoms with Gasteiger partial charge in [0.1, 0.15) is 5.70 Å². The Morgan fingerprint density at radius 2 is 1.73 bits per heavy atom. The predicted molar refractivity (Wildman–Crippen MR) is 119 cm³/mol. The molecule has 1 aliphatic rings. The number of aryl methyl sites for hydroxylation is 1. The van der Waals surface area contributed by atoms with Crippen molar-refractivity contribution in [1.82, 2.24) is 14.8 Å². The number of benzene rings is 2. The van der Waals surface area contributed by atoms with Crippen LogP contribution in [0.5, 0.6) is 0 Å². The molecule has 2 heterocycles. The number of halogens is 2. The molecule has 0 aliphatic carbocycles. The Kier molecular flexibility index (Phi) is 5.41. The Balaban J connectivity index is 1.67. The number of amides is 3. The van der Waals surface area contributed by atoms with Gasteiger partial charge in [-0.15, -0.1) is 0 Å². The van der Waals surface area contributed by atoms with E-state index in [1.165, 1.54) is 4.90 Å². The van der Waals surface area contributed by atoms with E-state index in [0.29, 0.717) is 10.0 Å². The SMILES string of the molecule is Cc1cc(/C=C2/NC(=O)N(Cc3ccccc3)C2=O)c(C)n1-c1cccc(Cl)c1Cl. The summed E-state index contributed by atoms with van der Waals surface area (Å²) >= 11 is 12.6. The summed E-state index contributed by atoms with van der Waals surface area (Å²) < 4.78 is 1.98. The highest BCUT2D eigenvalue weighted by Gasteiger charge is 2.33. The number of imide groups is 1. The number of aromatic nitrogens is 1. The smallest absolute Gasteiger partial charge is 0.316 e. The largest absolute Gasteiger partial charge is 0.329 e. The van der Waals surface area contributed by atoms with Crippen molar-refractivity contribution in [2.45, 2.75) is 20.4 Å². The van der Waals surface area contributed by atoms with Crippen LogP contribution < -0.4 is 5.32 Å². The van der Waals surface area contributed by atoms with E-state index in [1.807, 2.05) is 66.9 Å². The van der Waals surface area contributed by atoms with Gasteiger partial charge in [-0.2, -0.15) is 0 Å². The van der Waals surface area contributed by atoms with E-state index in [9.17, 15) is 9.59 Å². The average Bonchev–Trinajstić information content (AvgIpc) is 3.15. The molecule has 1 saturated heterocycles. The number of nitrogens with one attached hydrogen (secondary N) is 1. The summed E-state index contributed by atoms with van der Waals surface area (Å²) in [6, 6.07) is 16.4. The maximum Gasteiger partial charge on any atom is 0.329 e. The lowest BCUT2D eigenvalue weighted by atomic mass is 10.2. The van der Waals surface area contributed by atoms with Crippen LogP contribution in [0.25, 0.3) is 11.8 Å². The lowest BCUT2D eigenvalue weighted by molar-refractivity contribution is -0.123. The minimum Gasteiger partial charge on any atom is -0.316 e. The van der Waals surface area contributed by atoms with E-state index < -0.39 is 6.03 Å². The number of urea groups is 1. The summed E-state index contributed by atoms with van der Waals surface area (Å²) in [7, 11) is 0. The predicted octanol–water partition coefficient (Wildman–Crippen LogP) is 5.49. The second-order valence-electron chi connectivity index (χ2n) is 7.10. The first-order valence-electron chi connectivity index (χ1n) is 9.38. The van der Waals surface area contributed by atoms with Gasteiger partial charge in [-0.05, 0) is 49.2 Å². The van der Waals surface area contributed by atoms with Crippen molar-refractivity contribution in [3.63, 3.8) is 0 Å². The minimum atomic E-state index is -0.429. The van der Waals surface area contributed by atoms with Gasteiger partial charge in [0.2, 0.25) is 0 Å². The van der Waals surface area contributed by atoms with Gasteiger partial charge in [0.25, 0.3) is 5.91 Å². The normalized spacial score (nSPS) is 15.2. The molecule has 0 unspecified atom stereocenters. The molecule has 4 rings (SSSR count). The van der Waals surface area contributed by atoms with Gasteiger partial charge < -0.3 is 9.88 Å². The van der Waals surface area contributed by atoms with E-state index in [4.69, 9.17) is 23.2 Å². The molecule has 3 amide bonds. The summed E-state index contributed by atoms with van der Waals surface area (Å²) in [5, 5.41) is 3.61. The highest BCUT2D eigenvalue weighted by atomic mass is 35.5. The van der Waals surface area contributed by atoms with Crippen molar-refractivity contribution >= 4 is 41.2 Å². The fraction of sp³-hybridized carbons (Fsp3) is 0.130. The molecule has 0 saturated carbocycles. The van der Waals surface area contributed by atoms with Crippen LogP contribution in [0.15, 0.2) is 60.3 Å². The first kappa shape index (κ1) is 20.3. The zero-order valence-corrected chi connectivity index (χ0v) is 18.0. The molecular formula is C23H19Cl2N3O2. The monoisotopic (exact) mass is 439 g/mol. The van der Waals surface area contributed by atoms with Crippen molar-refractivity contribution in [2.24, 2.45) is 0 Å². The van der Waals surface area contributed by atoms with Gasteiger partial charge in [-0.25, -0.2) is 4.79 Å². The first-order chi connectivity index (χ1) is 14.4. The molecule has 1 aliphatic heterocycles. The number of hydrogen-bond donors (Lipinski definition) is 1. The zero-order valence-electron chi connectivity index (χ0n) is 16.4. The molecule has 0 atom stereocenters. The van der Waals surface area contributed by atoms with E-state index in [1.54, 1.807) is 12.1 Å². The Labute approximate surface area is 184 Å². The second kappa shape index (κ2) is 8.01. The third-order valence-electron chi connectivity index (χ3n) is 5.09. The molecule has 3 aromatic rings. The van der Waals surface area contributed by atoms with E-state index in [0.717, 1.165) is 28.2 Å². The maximum absolute atomic E-state index is 12.8. The molecule has 1 aromatic heterocycles. The zero-order chi connectivity index (χ0) is 21.4. The number of carbonyl (C=O) groups is 2. The Hall–Kier alpha value is -3.02. The number of carbonyl (C=O) groups excluding carboxylic acids is 2. The average molecular weight is 440 g/mol. The van der Waals surface area contributed by atoms with E-state index in [-0.39, 0.29) is 18.1 Å². The lowest BCUT2D eigenvalue weighted by Gasteiger charge is -2.12. The van der Waals surface area contributed by atoms with Crippen LogP contribution in [0, 0.1) is 13.8 Å². The molecule has 1 N–H and O–H groups in total. The van der Waals surface area contributed by atoms with Gasteiger partial charge in [-0.1, -0.05) is 59.6 Å². The molecule has 152 valence electrons. The molecule has 1 fully saturated rings. The van der Waals surface area contributed by atoms with Crippen molar-refractivity contribution in [3.8, 4) is 5.69 Å². The van der Waals surface area contributed by atoms with Gasteiger partial charge in [0.15, 0.2) is 0 Å². The van der Waals surface area contributed by atoms with Crippen LogP contribution in [-0.4, -0.2) is 21.4 Å². The second-order valence-corrected chi connectivity index (χ2v) is 7.89. The fourth-order valence-corrected chi connectivity index (χ4v) is 3.99. The Morgan fingerprint density at radius 3 is 2.47 bits per heavy atom. The fourth-order valence-electron chi connectivity index (χ4n) is 3.61. The first-order valence-corrected chi connectivity index (χ1v) is 10.1. The van der Waals surface area contributed by atoms with Crippen LogP contribution in [-0.2, 0) is 11.3 Å². The molecule has 0 spiro atoms. The standard InChI is InChI=1S/C23H19Cl2N3O2/c1-14-11-17(15(2)28(14)20-10-6-9-18(24)21(20)25)12-19-22(29)27(23(30)26-19)13-16-7-4-3-5-8-16/h3-12H,13H2,1-2H3,(H,26,30)/b19-12+. The third-order valence-corrected chi connectivity index (χ3v) is 5.90. The van der Waals surface area contributed by atoms with E-state index >= 15 is 0 Å². The summed E-state index contributed by atoms with van der Waals surface area (Å²) in [6.07, 6.45) is 1.70. The van der Waals surface area contributed by atoms with Crippen molar-refractivity contribution in [2.75, 3.05) is 0 Å². The summed E-state index contributed by atoms with van der Waals surface area (Å²) in [6.45, 7) is 4.10. The Bertz CT molecular complexity index is 1180. The lowest BCUT2D eigenvalue weighted by Crippen LogP contribution is -2.30. The van der Waals surface area contributed by atoms with Gasteiger partial charge in [0, 0.05) is 11.4 Å². The number of rotatable bonds is 4. The van der Waals surface area contributed by atoms with Crippen LogP contribution in [0.4, 0.5) is 4.79 Å². The van der Waals surface area contributed by atoms with E-state index in [2.05, 4.69) is 5.32 Å². The minimum absolute atomic E-state index is 0.222. The molecular weight excluding hydrogens is 421 g/mol. The number of hydrogen-bond acceptors (Lipinski definition) is 2. The highest BCUT2D eigenvalue weighted by Crippen LogP contribution is 2.32. The van der Waals surface area contributed by atoms with Crippen LogP contribution >= 0.6 is 23.2 Å². The van der Waals surface area contributed by atoms with Crippen LogP contribution in [0.2, 0.25) is 10.0 Å². The quantitative estimate of drug-likeness (QED) is 0.431. The molecule has 0 radical (unpaired) electrons. The maximum atomic E-state index is 12.8. The highest BCUT2D eigenvalue weighted by molar-refractivity contribution is 6.43. The van der Waals surface area contributed by atoms with Crippen molar-refractivity contribution < 1.29 is 9.59 Å². The van der Waals surface area contributed by atoms with Gasteiger partial charge in [-0.3, -0.25) is 9.69 Å². The Morgan fingerprint density at radius 1 is 1.00 bits per heavy atom. The van der Waals surface area contributed by atoms with Crippen LogP contribution in [0.3, 0.4) is 0 Å². The van der Waals surface area contributed by atoms with Crippen LogP contribution in [0.1, 0.15) is 22.5 Å². The third kappa shape index (κ3) is 3.62. The molecule has 7 heteroatoms.